The van der Waals surface area contributed by atoms with Crippen molar-refractivity contribution in [2.75, 3.05) is 25.5 Å². The van der Waals surface area contributed by atoms with Crippen LogP contribution in [0.4, 0.5) is 5.69 Å². The average molecular weight is 359 g/mol. The molecule has 1 saturated heterocycles. The molecule has 2 aromatic carbocycles. The van der Waals surface area contributed by atoms with Crippen LogP contribution in [-0.4, -0.2) is 31.0 Å². The van der Waals surface area contributed by atoms with Gasteiger partial charge in [0.2, 0.25) is 5.91 Å². The number of likely N-dealkylation sites (tertiary alicyclic amines) is 1. The highest BCUT2D eigenvalue weighted by molar-refractivity contribution is 6.31. The Bertz CT molecular complexity index is 763. The molecular formula is C20H23ClN2O2. The Kier molecular flexibility index (Phi) is 5.61. The monoisotopic (exact) mass is 358 g/mol. The molecule has 2 aromatic rings. The number of amides is 1. The van der Waals surface area contributed by atoms with Crippen LogP contribution < -0.4 is 10.1 Å². The van der Waals surface area contributed by atoms with Gasteiger partial charge in [0.1, 0.15) is 5.75 Å². The van der Waals surface area contributed by atoms with Gasteiger partial charge in [0.15, 0.2) is 0 Å². The van der Waals surface area contributed by atoms with Crippen LogP contribution in [0, 0.1) is 6.92 Å². The van der Waals surface area contributed by atoms with Gasteiger partial charge in [0.05, 0.1) is 13.7 Å². The molecule has 1 amide bonds. The number of hydrogen-bond acceptors (Lipinski definition) is 3. The van der Waals surface area contributed by atoms with Crippen molar-refractivity contribution in [2.24, 2.45) is 0 Å². The van der Waals surface area contributed by atoms with Gasteiger partial charge in [-0.25, -0.2) is 0 Å². The zero-order chi connectivity index (χ0) is 17.8. The van der Waals surface area contributed by atoms with Gasteiger partial charge < -0.3 is 10.1 Å². The number of carbonyl (C=O) groups is 1. The molecule has 132 valence electrons. The Hall–Kier alpha value is -2.04. The summed E-state index contributed by atoms with van der Waals surface area (Å²) in [5.74, 6) is 0.837. The average Bonchev–Trinajstić information content (AvgIpc) is 3.06. The second kappa shape index (κ2) is 7.89. The normalized spacial score (nSPS) is 17.5. The third-order valence-electron chi connectivity index (χ3n) is 4.66. The molecule has 1 fully saturated rings. The zero-order valence-corrected chi connectivity index (χ0v) is 15.3. The highest BCUT2D eigenvalue weighted by Gasteiger charge is 2.27. The molecule has 0 spiro atoms. The minimum Gasteiger partial charge on any atom is -0.497 e. The maximum atomic E-state index is 12.5. The second-order valence-electron chi connectivity index (χ2n) is 6.41. The molecule has 5 heteroatoms. The number of carbonyl (C=O) groups excluding carboxylic acids is 1. The van der Waals surface area contributed by atoms with Crippen molar-refractivity contribution in [1.29, 1.82) is 0 Å². The van der Waals surface area contributed by atoms with Crippen molar-refractivity contribution in [3.63, 3.8) is 0 Å². The summed E-state index contributed by atoms with van der Waals surface area (Å²) in [6.07, 6.45) is 2.14. The third kappa shape index (κ3) is 4.33. The molecule has 1 N–H and O–H groups in total. The summed E-state index contributed by atoms with van der Waals surface area (Å²) in [7, 11) is 1.67. The minimum absolute atomic E-state index is 0.0137. The van der Waals surface area contributed by atoms with Crippen LogP contribution in [0.15, 0.2) is 42.5 Å². The number of hydrogen-bond donors (Lipinski definition) is 1. The third-order valence-corrected chi connectivity index (χ3v) is 4.90. The van der Waals surface area contributed by atoms with Crippen LogP contribution in [0.1, 0.15) is 30.0 Å². The summed E-state index contributed by atoms with van der Waals surface area (Å²) in [6, 6.07) is 13.9. The summed E-state index contributed by atoms with van der Waals surface area (Å²) in [6.45, 7) is 3.25. The van der Waals surface area contributed by atoms with E-state index in [0.717, 1.165) is 36.4 Å². The predicted octanol–water partition coefficient (Wildman–Crippen LogP) is 4.43. The highest BCUT2D eigenvalue weighted by Crippen LogP contribution is 2.33. The number of benzene rings is 2. The maximum absolute atomic E-state index is 12.5. The molecule has 3 rings (SSSR count). The van der Waals surface area contributed by atoms with Gasteiger partial charge in [-0.1, -0.05) is 29.8 Å². The van der Waals surface area contributed by atoms with E-state index >= 15 is 0 Å². The van der Waals surface area contributed by atoms with Crippen molar-refractivity contribution in [2.45, 2.75) is 25.8 Å². The van der Waals surface area contributed by atoms with Crippen molar-refractivity contribution in [3.8, 4) is 5.75 Å². The number of nitrogens with one attached hydrogen (secondary N) is 1. The van der Waals surface area contributed by atoms with E-state index in [1.54, 1.807) is 13.2 Å². The van der Waals surface area contributed by atoms with Crippen LogP contribution in [0.2, 0.25) is 5.02 Å². The van der Waals surface area contributed by atoms with Crippen LogP contribution in [0.25, 0.3) is 0 Å². The van der Waals surface area contributed by atoms with E-state index < -0.39 is 0 Å². The SMILES string of the molecule is COc1cccc([C@@H]2CCCN2CC(=O)Nc2cc(Cl)ccc2C)c1. The standard InChI is InChI=1S/C20H23ClN2O2/c1-14-8-9-16(21)12-18(14)22-20(24)13-23-10-4-7-19(23)15-5-3-6-17(11-15)25-2/h3,5-6,8-9,11-12,19H,4,7,10,13H2,1-2H3,(H,22,24)/t19-/m0/s1. The first kappa shape index (κ1) is 17.8. The van der Waals surface area contributed by atoms with Gasteiger partial charge >= 0.3 is 0 Å². The van der Waals surface area contributed by atoms with Crippen molar-refractivity contribution < 1.29 is 9.53 Å². The van der Waals surface area contributed by atoms with E-state index in [-0.39, 0.29) is 11.9 Å². The number of halogens is 1. The fraction of sp³-hybridized carbons (Fsp3) is 0.350. The number of anilines is 1. The molecule has 1 aliphatic heterocycles. The Morgan fingerprint density at radius 2 is 2.16 bits per heavy atom. The summed E-state index contributed by atoms with van der Waals surface area (Å²) in [5, 5.41) is 3.60. The Balaban J connectivity index is 1.68. The van der Waals surface area contributed by atoms with Gasteiger partial charge in [0.25, 0.3) is 0 Å². The largest absolute Gasteiger partial charge is 0.497 e. The van der Waals surface area contributed by atoms with Gasteiger partial charge in [-0.2, -0.15) is 0 Å². The van der Waals surface area contributed by atoms with E-state index in [1.807, 2.05) is 31.2 Å². The molecule has 1 atom stereocenters. The van der Waals surface area contributed by atoms with Gasteiger partial charge in [-0.3, -0.25) is 9.69 Å². The molecule has 0 aromatic heterocycles. The van der Waals surface area contributed by atoms with Gasteiger partial charge in [-0.05, 0) is 61.7 Å². The summed E-state index contributed by atoms with van der Waals surface area (Å²) < 4.78 is 5.32. The molecule has 4 nitrogen and oxygen atoms in total. The summed E-state index contributed by atoms with van der Waals surface area (Å²) in [4.78, 5) is 14.7. The molecule has 0 aliphatic carbocycles. The second-order valence-corrected chi connectivity index (χ2v) is 6.85. The molecule has 0 saturated carbocycles. The van der Waals surface area contributed by atoms with Crippen molar-refractivity contribution in [3.05, 3.63) is 58.6 Å². The van der Waals surface area contributed by atoms with Gasteiger partial charge in [-0.15, -0.1) is 0 Å². The van der Waals surface area contributed by atoms with Crippen LogP contribution >= 0.6 is 11.6 Å². The highest BCUT2D eigenvalue weighted by atomic mass is 35.5. The lowest BCUT2D eigenvalue weighted by atomic mass is 10.0. The van der Waals surface area contributed by atoms with Crippen molar-refractivity contribution >= 4 is 23.2 Å². The number of aryl methyl sites for hydroxylation is 1. The lowest BCUT2D eigenvalue weighted by Gasteiger charge is -2.24. The van der Waals surface area contributed by atoms with Crippen LogP contribution in [0.3, 0.4) is 0 Å². The van der Waals surface area contributed by atoms with E-state index in [4.69, 9.17) is 16.3 Å². The molecule has 0 bridgehead atoms. The number of methoxy groups -OCH3 is 1. The first-order valence-electron chi connectivity index (χ1n) is 8.51. The summed E-state index contributed by atoms with van der Waals surface area (Å²) >= 11 is 6.03. The zero-order valence-electron chi connectivity index (χ0n) is 14.6. The fourth-order valence-electron chi connectivity index (χ4n) is 3.34. The van der Waals surface area contributed by atoms with Crippen LogP contribution in [0.5, 0.6) is 5.75 Å². The Morgan fingerprint density at radius 1 is 1.32 bits per heavy atom. The predicted molar refractivity (Wildman–Crippen MR) is 101 cm³/mol. The van der Waals surface area contributed by atoms with E-state index in [0.29, 0.717) is 11.6 Å². The molecule has 0 radical (unpaired) electrons. The first-order chi connectivity index (χ1) is 12.1. The summed E-state index contributed by atoms with van der Waals surface area (Å²) in [5.41, 5.74) is 2.97. The maximum Gasteiger partial charge on any atom is 0.238 e. The molecular weight excluding hydrogens is 336 g/mol. The molecule has 25 heavy (non-hydrogen) atoms. The Morgan fingerprint density at radius 3 is 2.96 bits per heavy atom. The molecule has 0 unspecified atom stereocenters. The number of rotatable bonds is 5. The molecule has 1 heterocycles. The first-order valence-corrected chi connectivity index (χ1v) is 8.88. The topological polar surface area (TPSA) is 41.6 Å². The number of nitrogens with zero attached hydrogens (tertiary/aromatic N) is 1. The number of ether oxygens (including phenoxy) is 1. The van der Waals surface area contributed by atoms with E-state index in [1.165, 1.54) is 5.56 Å². The van der Waals surface area contributed by atoms with E-state index in [2.05, 4.69) is 22.3 Å². The van der Waals surface area contributed by atoms with Crippen LogP contribution in [-0.2, 0) is 4.79 Å². The Labute approximate surface area is 153 Å². The smallest absolute Gasteiger partial charge is 0.238 e. The van der Waals surface area contributed by atoms with Gasteiger partial charge in [0, 0.05) is 16.8 Å². The lowest BCUT2D eigenvalue weighted by Crippen LogP contribution is -2.33. The lowest BCUT2D eigenvalue weighted by molar-refractivity contribution is -0.117. The quantitative estimate of drug-likeness (QED) is 0.859. The fourth-order valence-corrected chi connectivity index (χ4v) is 3.52. The van der Waals surface area contributed by atoms with E-state index in [9.17, 15) is 4.79 Å². The molecule has 1 aliphatic rings. The van der Waals surface area contributed by atoms with Crippen molar-refractivity contribution in [1.82, 2.24) is 4.90 Å². The minimum atomic E-state index is -0.0137.